The number of hydrogen-bond donors (Lipinski definition) is 2. The summed E-state index contributed by atoms with van der Waals surface area (Å²) in [5.74, 6) is 1.63. The molecule has 8 nitrogen and oxygen atoms in total. The van der Waals surface area contributed by atoms with E-state index in [1.165, 1.54) is 0 Å². The molecule has 1 fully saturated rings. The SMILES string of the molecule is COCCCNc1nc(C(C)(C)C)ncc1C(=O)N(CC(C)C)C1CC(N)CN(C)C1. The van der Waals surface area contributed by atoms with Crippen LogP contribution in [0.25, 0.3) is 0 Å². The zero-order valence-electron chi connectivity index (χ0n) is 20.4. The Bertz CT molecular complexity index is 709. The summed E-state index contributed by atoms with van der Waals surface area (Å²) < 4.78 is 5.15. The molecule has 176 valence electrons. The number of nitrogens with zero attached hydrogens (tertiary/aromatic N) is 4. The fraction of sp³-hybridized carbons (Fsp3) is 0.783. The molecule has 0 spiro atoms. The first-order chi connectivity index (χ1) is 14.5. The molecule has 2 atom stereocenters. The summed E-state index contributed by atoms with van der Waals surface area (Å²) in [5, 5.41) is 3.36. The average Bonchev–Trinajstić information content (AvgIpc) is 2.67. The van der Waals surface area contributed by atoms with Gasteiger partial charge in [-0.2, -0.15) is 0 Å². The number of carbonyl (C=O) groups excluding carboxylic acids is 1. The molecule has 2 rings (SSSR count). The minimum Gasteiger partial charge on any atom is -0.385 e. The van der Waals surface area contributed by atoms with Crippen molar-refractivity contribution >= 4 is 11.7 Å². The van der Waals surface area contributed by atoms with Crippen LogP contribution < -0.4 is 11.1 Å². The highest BCUT2D eigenvalue weighted by atomic mass is 16.5. The van der Waals surface area contributed by atoms with Gasteiger partial charge in [-0.1, -0.05) is 34.6 Å². The highest BCUT2D eigenvalue weighted by molar-refractivity contribution is 5.98. The molecule has 1 saturated heterocycles. The number of carbonyl (C=O) groups is 1. The van der Waals surface area contributed by atoms with Gasteiger partial charge in [0, 0.05) is 63.6 Å². The monoisotopic (exact) mass is 434 g/mol. The molecule has 2 unspecified atom stereocenters. The van der Waals surface area contributed by atoms with Crippen LogP contribution in [0.15, 0.2) is 6.20 Å². The van der Waals surface area contributed by atoms with E-state index in [0.717, 1.165) is 25.9 Å². The van der Waals surface area contributed by atoms with Crippen LogP contribution >= 0.6 is 0 Å². The molecule has 8 heteroatoms. The van der Waals surface area contributed by atoms with Crippen molar-refractivity contribution in [2.24, 2.45) is 11.7 Å². The van der Waals surface area contributed by atoms with Crippen molar-refractivity contribution < 1.29 is 9.53 Å². The van der Waals surface area contributed by atoms with Gasteiger partial charge in [-0.25, -0.2) is 9.97 Å². The van der Waals surface area contributed by atoms with E-state index in [2.05, 4.69) is 56.9 Å². The summed E-state index contributed by atoms with van der Waals surface area (Å²) in [6.07, 6.45) is 3.33. The normalized spacial score (nSPS) is 20.2. The van der Waals surface area contributed by atoms with E-state index in [0.29, 0.717) is 42.8 Å². The van der Waals surface area contributed by atoms with Crippen molar-refractivity contribution in [3.8, 4) is 0 Å². The smallest absolute Gasteiger partial charge is 0.259 e. The van der Waals surface area contributed by atoms with E-state index >= 15 is 0 Å². The predicted molar refractivity (Wildman–Crippen MR) is 125 cm³/mol. The van der Waals surface area contributed by atoms with Crippen molar-refractivity contribution in [2.75, 3.05) is 52.3 Å². The Morgan fingerprint density at radius 2 is 2.10 bits per heavy atom. The van der Waals surface area contributed by atoms with E-state index in [9.17, 15) is 4.79 Å². The molecular weight excluding hydrogens is 392 g/mol. The van der Waals surface area contributed by atoms with Crippen molar-refractivity contribution in [3.05, 3.63) is 17.6 Å². The minimum atomic E-state index is -0.207. The lowest BCUT2D eigenvalue weighted by Gasteiger charge is -2.41. The van der Waals surface area contributed by atoms with Crippen LogP contribution in [0.1, 0.15) is 63.6 Å². The third-order valence-electron chi connectivity index (χ3n) is 5.41. The highest BCUT2D eigenvalue weighted by Gasteiger charge is 2.33. The lowest BCUT2D eigenvalue weighted by atomic mass is 9.95. The summed E-state index contributed by atoms with van der Waals surface area (Å²) in [6, 6.07) is 0.143. The first-order valence-electron chi connectivity index (χ1n) is 11.4. The fourth-order valence-electron chi connectivity index (χ4n) is 3.96. The van der Waals surface area contributed by atoms with Gasteiger partial charge in [0.2, 0.25) is 0 Å². The molecule has 2 heterocycles. The van der Waals surface area contributed by atoms with Gasteiger partial charge in [-0.3, -0.25) is 4.79 Å². The Morgan fingerprint density at radius 3 is 2.68 bits per heavy atom. The van der Waals surface area contributed by atoms with Crippen LogP contribution in [0, 0.1) is 5.92 Å². The van der Waals surface area contributed by atoms with E-state index in [-0.39, 0.29) is 23.4 Å². The molecule has 3 N–H and O–H groups in total. The third kappa shape index (κ3) is 7.40. The summed E-state index contributed by atoms with van der Waals surface area (Å²) in [5.41, 5.74) is 6.60. The Balaban J connectivity index is 2.37. The molecule has 0 bridgehead atoms. The van der Waals surface area contributed by atoms with E-state index in [1.54, 1.807) is 13.3 Å². The molecule has 0 aromatic carbocycles. The zero-order chi connectivity index (χ0) is 23.2. The van der Waals surface area contributed by atoms with Gasteiger partial charge in [0.1, 0.15) is 17.2 Å². The summed E-state index contributed by atoms with van der Waals surface area (Å²) in [4.78, 5) is 27.3. The molecule has 0 saturated carbocycles. The van der Waals surface area contributed by atoms with Gasteiger partial charge < -0.3 is 25.6 Å². The Morgan fingerprint density at radius 1 is 1.39 bits per heavy atom. The minimum absolute atomic E-state index is 0.0316. The molecule has 0 aliphatic carbocycles. The highest BCUT2D eigenvalue weighted by Crippen LogP contribution is 2.25. The van der Waals surface area contributed by atoms with Crippen LogP contribution in [0.4, 0.5) is 5.82 Å². The second kappa shape index (κ2) is 11.2. The number of methoxy groups -OCH3 is 1. The summed E-state index contributed by atoms with van der Waals surface area (Å²) in [7, 11) is 3.75. The number of hydrogen-bond acceptors (Lipinski definition) is 7. The number of nitrogens with two attached hydrogens (primary N) is 1. The number of nitrogens with one attached hydrogen (secondary N) is 1. The maximum atomic E-state index is 13.8. The quantitative estimate of drug-likeness (QED) is 0.576. The van der Waals surface area contributed by atoms with Crippen LogP contribution in [-0.4, -0.2) is 84.7 Å². The Hall–Kier alpha value is -1.77. The third-order valence-corrected chi connectivity index (χ3v) is 5.41. The largest absolute Gasteiger partial charge is 0.385 e. The van der Waals surface area contributed by atoms with E-state index in [4.69, 9.17) is 15.5 Å². The number of amides is 1. The van der Waals surface area contributed by atoms with Crippen LogP contribution in [0.5, 0.6) is 0 Å². The number of likely N-dealkylation sites (N-methyl/N-ethyl adjacent to an activating group) is 1. The molecular formula is C23H42N6O2. The molecule has 0 radical (unpaired) electrons. The van der Waals surface area contributed by atoms with Gasteiger partial charge in [0.05, 0.1) is 0 Å². The number of ether oxygens (including phenoxy) is 1. The Kier molecular flexibility index (Phi) is 9.21. The van der Waals surface area contributed by atoms with E-state index in [1.807, 2.05) is 4.90 Å². The number of aromatic nitrogens is 2. The molecule has 1 aromatic heterocycles. The maximum Gasteiger partial charge on any atom is 0.259 e. The second-order valence-electron chi connectivity index (χ2n) is 10.2. The average molecular weight is 435 g/mol. The maximum absolute atomic E-state index is 13.8. The number of likely N-dealkylation sites (tertiary alicyclic amines) is 1. The number of rotatable bonds is 9. The number of piperidine rings is 1. The summed E-state index contributed by atoms with van der Waals surface area (Å²) in [6.45, 7) is 14.2. The first-order valence-corrected chi connectivity index (χ1v) is 11.4. The lowest BCUT2D eigenvalue weighted by molar-refractivity contribution is 0.0517. The van der Waals surface area contributed by atoms with Gasteiger partial charge in [-0.05, 0) is 25.8 Å². The summed E-state index contributed by atoms with van der Waals surface area (Å²) >= 11 is 0. The topological polar surface area (TPSA) is 96.6 Å². The van der Waals surface area contributed by atoms with Gasteiger partial charge in [-0.15, -0.1) is 0 Å². The van der Waals surface area contributed by atoms with Crippen molar-refractivity contribution in [3.63, 3.8) is 0 Å². The molecule has 1 aliphatic heterocycles. The molecule has 31 heavy (non-hydrogen) atoms. The molecule has 1 aromatic rings. The van der Waals surface area contributed by atoms with Gasteiger partial charge >= 0.3 is 0 Å². The van der Waals surface area contributed by atoms with Gasteiger partial charge in [0.25, 0.3) is 5.91 Å². The zero-order valence-corrected chi connectivity index (χ0v) is 20.4. The first kappa shape index (κ1) is 25.5. The second-order valence-corrected chi connectivity index (χ2v) is 10.2. The van der Waals surface area contributed by atoms with Crippen molar-refractivity contribution in [1.29, 1.82) is 0 Å². The van der Waals surface area contributed by atoms with E-state index < -0.39 is 0 Å². The molecule has 1 aliphatic rings. The number of anilines is 1. The lowest BCUT2D eigenvalue weighted by Crippen LogP contribution is -2.56. The fourth-order valence-corrected chi connectivity index (χ4v) is 3.96. The predicted octanol–water partition coefficient (Wildman–Crippen LogP) is 2.35. The van der Waals surface area contributed by atoms with Crippen molar-refractivity contribution in [2.45, 2.75) is 65.0 Å². The molecule has 1 amide bonds. The van der Waals surface area contributed by atoms with Crippen LogP contribution in [0.3, 0.4) is 0 Å². The van der Waals surface area contributed by atoms with Crippen LogP contribution in [0.2, 0.25) is 0 Å². The van der Waals surface area contributed by atoms with Gasteiger partial charge in [0.15, 0.2) is 0 Å². The van der Waals surface area contributed by atoms with Crippen molar-refractivity contribution in [1.82, 2.24) is 19.8 Å². The standard InChI is InChI=1S/C23H42N6O2/c1-16(2)13-29(18-11-17(24)14-28(6)15-18)21(30)19-12-26-22(23(3,4)5)27-20(19)25-9-8-10-31-7/h12,16-18H,8-11,13-15,24H2,1-7H3,(H,25,26,27). The van der Waals surface area contributed by atoms with Crippen LogP contribution in [-0.2, 0) is 10.2 Å². The Labute approximate surface area is 187 Å².